The fraction of sp³-hybridized carbons (Fsp3) is 0.533. The first-order valence-electron chi connectivity index (χ1n) is 7.00. The summed E-state index contributed by atoms with van der Waals surface area (Å²) in [5, 5.41) is 7.00. The van der Waals surface area contributed by atoms with Crippen LogP contribution < -0.4 is 10.6 Å². The Balaban J connectivity index is 1.98. The van der Waals surface area contributed by atoms with E-state index in [0.717, 1.165) is 28.6 Å². The third-order valence-electron chi connectivity index (χ3n) is 3.72. The van der Waals surface area contributed by atoms with Crippen molar-refractivity contribution in [1.29, 1.82) is 0 Å². The SMILES string of the molecule is Cc1cc(Br)c(NC(C)C(=O)NC2CCCC2)cc1Cl. The van der Waals surface area contributed by atoms with E-state index in [-0.39, 0.29) is 11.9 Å². The smallest absolute Gasteiger partial charge is 0.242 e. The lowest BCUT2D eigenvalue weighted by Crippen LogP contribution is -2.42. The van der Waals surface area contributed by atoms with Crippen molar-refractivity contribution in [1.82, 2.24) is 5.32 Å². The van der Waals surface area contributed by atoms with E-state index in [9.17, 15) is 4.79 Å². The number of anilines is 1. The molecule has 1 amide bonds. The second-order valence-electron chi connectivity index (χ2n) is 5.44. The van der Waals surface area contributed by atoms with E-state index in [1.54, 1.807) is 0 Å². The van der Waals surface area contributed by atoms with Crippen molar-refractivity contribution in [2.75, 3.05) is 5.32 Å². The van der Waals surface area contributed by atoms with Crippen LogP contribution in [0.3, 0.4) is 0 Å². The second-order valence-corrected chi connectivity index (χ2v) is 6.70. The van der Waals surface area contributed by atoms with E-state index in [2.05, 4.69) is 26.6 Å². The molecule has 2 N–H and O–H groups in total. The van der Waals surface area contributed by atoms with Gasteiger partial charge in [-0.2, -0.15) is 0 Å². The molecule has 1 aliphatic rings. The van der Waals surface area contributed by atoms with Crippen molar-refractivity contribution in [3.8, 4) is 0 Å². The van der Waals surface area contributed by atoms with Crippen molar-refractivity contribution in [2.45, 2.75) is 51.6 Å². The number of halogens is 2. The van der Waals surface area contributed by atoms with Gasteiger partial charge >= 0.3 is 0 Å². The lowest BCUT2D eigenvalue weighted by atomic mass is 10.2. The van der Waals surface area contributed by atoms with Gasteiger partial charge in [0.2, 0.25) is 5.91 Å². The lowest BCUT2D eigenvalue weighted by Gasteiger charge is -2.19. The third-order valence-corrected chi connectivity index (χ3v) is 4.78. The maximum absolute atomic E-state index is 12.1. The van der Waals surface area contributed by atoms with E-state index in [1.807, 2.05) is 26.0 Å². The summed E-state index contributed by atoms with van der Waals surface area (Å²) < 4.78 is 0.917. The first kappa shape index (κ1) is 15.6. The second kappa shape index (κ2) is 6.81. The maximum Gasteiger partial charge on any atom is 0.242 e. The summed E-state index contributed by atoms with van der Waals surface area (Å²) in [7, 11) is 0. The standard InChI is InChI=1S/C15H20BrClN2O/c1-9-7-12(16)14(8-13(9)17)18-10(2)15(20)19-11-5-3-4-6-11/h7-8,10-11,18H,3-6H2,1-2H3,(H,19,20). The molecule has 1 aromatic rings. The van der Waals surface area contributed by atoms with Gasteiger partial charge in [-0.25, -0.2) is 0 Å². The van der Waals surface area contributed by atoms with E-state index in [1.165, 1.54) is 12.8 Å². The fourth-order valence-electron chi connectivity index (χ4n) is 2.45. The Hall–Kier alpha value is -0.740. The molecular weight excluding hydrogens is 340 g/mol. The van der Waals surface area contributed by atoms with Crippen LogP contribution in [0.25, 0.3) is 0 Å². The normalized spacial score (nSPS) is 17.0. The Morgan fingerprint density at radius 2 is 2.05 bits per heavy atom. The van der Waals surface area contributed by atoms with Crippen LogP contribution >= 0.6 is 27.5 Å². The largest absolute Gasteiger partial charge is 0.373 e. The van der Waals surface area contributed by atoms with E-state index >= 15 is 0 Å². The van der Waals surface area contributed by atoms with Gasteiger partial charge < -0.3 is 10.6 Å². The molecule has 0 aromatic heterocycles. The van der Waals surface area contributed by atoms with Gasteiger partial charge in [-0.05, 0) is 60.3 Å². The predicted octanol–water partition coefficient (Wildman–Crippen LogP) is 4.27. The maximum atomic E-state index is 12.1. The summed E-state index contributed by atoms with van der Waals surface area (Å²) in [5.41, 5.74) is 1.85. The summed E-state index contributed by atoms with van der Waals surface area (Å²) in [4.78, 5) is 12.1. The van der Waals surface area contributed by atoms with Gasteiger partial charge in [-0.1, -0.05) is 24.4 Å². The summed E-state index contributed by atoms with van der Waals surface area (Å²) in [5.74, 6) is 0.0421. The summed E-state index contributed by atoms with van der Waals surface area (Å²) in [6.45, 7) is 3.82. The van der Waals surface area contributed by atoms with Crippen molar-refractivity contribution in [3.05, 3.63) is 27.2 Å². The number of hydrogen-bond donors (Lipinski definition) is 2. The average Bonchev–Trinajstić information content (AvgIpc) is 2.88. The number of rotatable bonds is 4. The molecule has 0 heterocycles. The van der Waals surface area contributed by atoms with Gasteiger partial charge in [0.1, 0.15) is 6.04 Å². The third kappa shape index (κ3) is 3.89. The van der Waals surface area contributed by atoms with E-state index < -0.39 is 0 Å². The predicted molar refractivity (Wildman–Crippen MR) is 87.4 cm³/mol. The zero-order valence-corrected chi connectivity index (χ0v) is 14.1. The van der Waals surface area contributed by atoms with Crippen LogP contribution in [-0.2, 0) is 4.79 Å². The van der Waals surface area contributed by atoms with Crippen LogP contribution in [0.4, 0.5) is 5.69 Å². The molecule has 0 bridgehead atoms. The molecule has 2 rings (SSSR count). The highest BCUT2D eigenvalue weighted by atomic mass is 79.9. The van der Waals surface area contributed by atoms with Gasteiger partial charge in [-0.15, -0.1) is 0 Å². The van der Waals surface area contributed by atoms with Crippen LogP contribution in [0.2, 0.25) is 5.02 Å². The van der Waals surface area contributed by atoms with Gasteiger partial charge in [-0.3, -0.25) is 4.79 Å². The molecular formula is C15H20BrClN2O. The number of amides is 1. The van der Waals surface area contributed by atoms with E-state index in [4.69, 9.17) is 11.6 Å². The highest BCUT2D eigenvalue weighted by Crippen LogP contribution is 2.29. The molecule has 1 atom stereocenters. The fourth-order valence-corrected chi connectivity index (χ4v) is 3.19. The molecule has 0 aliphatic heterocycles. The molecule has 20 heavy (non-hydrogen) atoms. The molecule has 0 radical (unpaired) electrons. The van der Waals surface area contributed by atoms with Gasteiger partial charge in [0.15, 0.2) is 0 Å². The first-order chi connectivity index (χ1) is 9.47. The Bertz CT molecular complexity index is 501. The Labute approximate surface area is 133 Å². The minimum Gasteiger partial charge on any atom is -0.373 e. The zero-order valence-electron chi connectivity index (χ0n) is 11.8. The molecule has 0 saturated heterocycles. The summed E-state index contributed by atoms with van der Waals surface area (Å²) in [6.07, 6.45) is 4.62. The minimum absolute atomic E-state index is 0.0421. The van der Waals surface area contributed by atoms with Crippen LogP contribution in [-0.4, -0.2) is 18.0 Å². The highest BCUT2D eigenvalue weighted by molar-refractivity contribution is 9.10. The van der Waals surface area contributed by atoms with E-state index in [0.29, 0.717) is 11.1 Å². The number of benzene rings is 1. The number of carbonyl (C=O) groups excluding carboxylic acids is 1. The average molecular weight is 360 g/mol. The van der Waals surface area contributed by atoms with Crippen molar-refractivity contribution >= 4 is 39.1 Å². The monoisotopic (exact) mass is 358 g/mol. The van der Waals surface area contributed by atoms with Crippen LogP contribution in [0.5, 0.6) is 0 Å². The number of nitrogens with one attached hydrogen (secondary N) is 2. The van der Waals surface area contributed by atoms with Crippen LogP contribution in [0, 0.1) is 6.92 Å². The molecule has 110 valence electrons. The molecule has 1 aliphatic carbocycles. The Kier molecular flexibility index (Phi) is 5.33. The van der Waals surface area contributed by atoms with Crippen molar-refractivity contribution < 1.29 is 4.79 Å². The van der Waals surface area contributed by atoms with Crippen LogP contribution in [0.1, 0.15) is 38.2 Å². The number of aryl methyl sites for hydroxylation is 1. The molecule has 3 nitrogen and oxygen atoms in total. The quantitative estimate of drug-likeness (QED) is 0.843. The minimum atomic E-state index is -0.286. The molecule has 1 aromatic carbocycles. The number of carbonyl (C=O) groups is 1. The first-order valence-corrected chi connectivity index (χ1v) is 8.17. The Morgan fingerprint density at radius 1 is 1.40 bits per heavy atom. The van der Waals surface area contributed by atoms with Crippen molar-refractivity contribution in [3.63, 3.8) is 0 Å². The number of hydrogen-bond acceptors (Lipinski definition) is 2. The molecule has 0 spiro atoms. The summed E-state index contributed by atoms with van der Waals surface area (Å²) >= 11 is 9.62. The van der Waals surface area contributed by atoms with Gasteiger partial charge in [0, 0.05) is 15.5 Å². The topological polar surface area (TPSA) is 41.1 Å². The highest BCUT2D eigenvalue weighted by Gasteiger charge is 2.21. The van der Waals surface area contributed by atoms with Gasteiger partial charge in [0.25, 0.3) is 0 Å². The summed E-state index contributed by atoms with van der Waals surface area (Å²) in [6, 6.07) is 3.86. The molecule has 1 saturated carbocycles. The van der Waals surface area contributed by atoms with Crippen LogP contribution in [0.15, 0.2) is 16.6 Å². The molecule has 1 unspecified atom stereocenters. The molecule has 1 fully saturated rings. The Morgan fingerprint density at radius 3 is 2.70 bits per heavy atom. The lowest BCUT2D eigenvalue weighted by molar-refractivity contribution is -0.122. The zero-order chi connectivity index (χ0) is 14.7. The van der Waals surface area contributed by atoms with Gasteiger partial charge in [0.05, 0.1) is 5.69 Å². The molecule has 5 heteroatoms. The van der Waals surface area contributed by atoms with Crippen molar-refractivity contribution in [2.24, 2.45) is 0 Å².